The van der Waals surface area contributed by atoms with Gasteiger partial charge in [0.1, 0.15) is 13.2 Å². The molecule has 0 amide bonds. The molecule has 64 heavy (non-hydrogen) atoms. The Labute approximate surface area is 392 Å². The molecule has 0 aliphatic carbocycles. The van der Waals surface area contributed by atoms with Crippen molar-refractivity contribution in [1.82, 2.24) is 0 Å². The summed E-state index contributed by atoms with van der Waals surface area (Å²) in [6.45, 7) is 6.27. The summed E-state index contributed by atoms with van der Waals surface area (Å²) >= 11 is 0. The zero-order valence-electron chi connectivity index (χ0n) is 41.0. The SMILES string of the molecule is CC/C=C\C/C=C\C/C=C\C/C=C\C/C=C\CCCCCCCC(=O)OCC(COC(=O)CCCCCCCCCCCC)OC(=O)C/C=C\C/C=C\C/C=C\C/C=C\C/C=C\CC. The number of unbranched alkanes of at least 4 members (excludes halogenated alkanes) is 14. The highest BCUT2D eigenvalue weighted by molar-refractivity contribution is 5.72. The summed E-state index contributed by atoms with van der Waals surface area (Å²) in [5.74, 6) is -1.08. The maximum absolute atomic E-state index is 12.7. The number of ether oxygens (including phenoxy) is 3. The molecule has 0 N–H and O–H groups in total. The number of carbonyl (C=O) groups is 3. The first kappa shape index (κ1) is 59.8. The Bertz CT molecular complexity index is 1390. The van der Waals surface area contributed by atoms with Crippen molar-refractivity contribution in [3.8, 4) is 0 Å². The fourth-order valence-electron chi connectivity index (χ4n) is 6.48. The topological polar surface area (TPSA) is 78.9 Å². The van der Waals surface area contributed by atoms with Crippen molar-refractivity contribution in [3.63, 3.8) is 0 Å². The van der Waals surface area contributed by atoms with E-state index in [0.717, 1.165) is 116 Å². The van der Waals surface area contributed by atoms with Crippen LogP contribution >= 0.6 is 0 Å². The predicted molar refractivity (Wildman–Crippen MR) is 274 cm³/mol. The van der Waals surface area contributed by atoms with Crippen LogP contribution in [0.1, 0.15) is 207 Å². The third kappa shape index (κ3) is 48.8. The van der Waals surface area contributed by atoms with Gasteiger partial charge in [0.25, 0.3) is 0 Å². The van der Waals surface area contributed by atoms with Gasteiger partial charge in [-0.15, -0.1) is 0 Å². The van der Waals surface area contributed by atoms with E-state index in [-0.39, 0.29) is 31.6 Å². The van der Waals surface area contributed by atoms with Gasteiger partial charge in [-0.3, -0.25) is 14.4 Å². The zero-order valence-corrected chi connectivity index (χ0v) is 41.0. The maximum atomic E-state index is 12.7. The normalized spacial score (nSPS) is 13.1. The number of esters is 3. The lowest BCUT2D eigenvalue weighted by Gasteiger charge is -2.18. The van der Waals surface area contributed by atoms with Crippen molar-refractivity contribution >= 4 is 17.9 Å². The predicted octanol–water partition coefficient (Wildman–Crippen LogP) is 16.9. The molecule has 0 aliphatic heterocycles. The van der Waals surface area contributed by atoms with Gasteiger partial charge in [0.2, 0.25) is 0 Å². The highest BCUT2D eigenvalue weighted by Gasteiger charge is 2.19. The summed E-state index contributed by atoms with van der Waals surface area (Å²) in [5, 5.41) is 0. The van der Waals surface area contributed by atoms with E-state index in [9.17, 15) is 14.4 Å². The monoisotopic (exact) mass is 885 g/mol. The fourth-order valence-corrected chi connectivity index (χ4v) is 6.48. The van der Waals surface area contributed by atoms with Gasteiger partial charge in [0, 0.05) is 12.8 Å². The van der Waals surface area contributed by atoms with Gasteiger partial charge < -0.3 is 14.2 Å². The van der Waals surface area contributed by atoms with E-state index >= 15 is 0 Å². The maximum Gasteiger partial charge on any atom is 0.310 e. The van der Waals surface area contributed by atoms with Crippen LogP contribution in [0.4, 0.5) is 0 Å². The summed E-state index contributed by atoms with van der Waals surface area (Å²) in [6, 6.07) is 0. The van der Waals surface area contributed by atoms with Crippen LogP contribution in [0.2, 0.25) is 0 Å². The summed E-state index contributed by atoms with van der Waals surface area (Å²) in [7, 11) is 0. The highest BCUT2D eigenvalue weighted by Crippen LogP contribution is 2.13. The van der Waals surface area contributed by atoms with E-state index in [2.05, 4.69) is 130 Å². The van der Waals surface area contributed by atoms with Gasteiger partial charge in [-0.2, -0.15) is 0 Å². The Kier molecular flexibility index (Phi) is 48.1. The van der Waals surface area contributed by atoms with Crippen molar-refractivity contribution in [1.29, 1.82) is 0 Å². The average molecular weight is 885 g/mol. The molecule has 0 rings (SSSR count). The number of rotatable bonds is 44. The van der Waals surface area contributed by atoms with Crippen LogP contribution in [0.3, 0.4) is 0 Å². The minimum absolute atomic E-state index is 0.0889. The molecule has 0 radical (unpaired) electrons. The van der Waals surface area contributed by atoms with Crippen LogP contribution in [0.5, 0.6) is 0 Å². The first-order valence-corrected chi connectivity index (χ1v) is 25.5. The molecule has 0 aromatic heterocycles. The van der Waals surface area contributed by atoms with Gasteiger partial charge in [0.15, 0.2) is 6.10 Å². The highest BCUT2D eigenvalue weighted by atomic mass is 16.6. The van der Waals surface area contributed by atoms with Gasteiger partial charge in [-0.1, -0.05) is 219 Å². The molecule has 0 fully saturated rings. The van der Waals surface area contributed by atoms with Crippen LogP contribution in [-0.2, 0) is 28.6 Å². The second-order valence-corrected chi connectivity index (χ2v) is 16.3. The minimum atomic E-state index is -0.841. The lowest BCUT2D eigenvalue weighted by atomic mass is 10.1. The van der Waals surface area contributed by atoms with Crippen molar-refractivity contribution in [2.75, 3.05) is 13.2 Å². The Morgan fingerprint density at radius 1 is 0.344 bits per heavy atom. The van der Waals surface area contributed by atoms with Crippen molar-refractivity contribution < 1.29 is 28.6 Å². The molecule has 6 heteroatoms. The Hall–Kier alpha value is -4.19. The van der Waals surface area contributed by atoms with Crippen molar-refractivity contribution in [2.24, 2.45) is 0 Å². The third-order valence-corrected chi connectivity index (χ3v) is 10.2. The molecule has 1 atom stereocenters. The molecule has 0 bridgehead atoms. The number of allylic oxidation sites excluding steroid dienone is 19. The second-order valence-electron chi connectivity index (χ2n) is 16.3. The quantitative estimate of drug-likeness (QED) is 0.0262. The third-order valence-electron chi connectivity index (χ3n) is 10.2. The molecule has 6 nitrogen and oxygen atoms in total. The van der Waals surface area contributed by atoms with E-state index in [1.54, 1.807) is 6.08 Å². The lowest BCUT2D eigenvalue weighted by Crippen LogP contribution is -2.30. The zero-order chi connectivity index (χ0) is 46.5. The second kappa shape index (κ2) is 51.4. The number of hydrogen-bond acceptors (Lipinski definition) is 6. The standard InChI is InChI=1S/C58H92O6/c1-4-7-10-13-16-19-22-24-26-27-28-29-30-31-33-34-36-39-42-45-48-51-57(60)63-54-55(53-62-56(59)50-47-44-41-38-21-18-15-12-9-6-3)64-58(61)52-49-46-43-40-37-35-32-25-23-20-17-14-11-8-5-2/h7-8,10-11,16-17,19-20,24-26,28-29,31-33,37,40,46,49,55H,4-6,9,12-15,18,21-23,27,30,34-36,38-39,41-45,47-48,50-54H2,1-3H3/b10-7-,11-8-,19-16-,20-17-,26-24-,29-28-,32-25-,33-31-,40-37-,49-46-. The van der Waals surface area contributed by atoms with E-state index in [1.165, 1.54) is 44.9 Å². The molecule has 0 spiro atoms. The summed E-state index contributed by atoms with van der Waals surface area (Å²) in [4.78, 5) is 37.9. The lowest BCUT2D eigenvalue weighted by molar-refractivity contribution is -0.166. The van der Waals surface area contributed by atoms with Crippen LogP contribution in [-0.4, -0.2) is 37.2 Å². The molecule has 360 valence electrons. The van der Waals surface area contributed by atoms with Crippen molar-refractivity contribution in [2.45, 2.75) is 213 Å². The molecule has 0 heterocycles. The molecular formula is C58H92O6. The molecule has 0 aliphatic rings. The Morgan fingerprint density at radius 2 is 0.656 bits per heavy atom. The fraction of sp³-hybridized carbons (Fsp3) is 0.603. The summed E-state index contributed by atoms with van der Waals surface area (Å²) < 4.78 is 16.6. The van der Waals surface area contributed by atoms with E-state index in [4.69, 9.17) is 14.2 Å². The molecular weight excluding hydrogens is 793 g/mol. The minimum Gasteiger partial charge on any atom is -0.462 e. The first-order chi connectivity index (χ1) is 31.5. The Morgan fingerprint density at radius 3 is 1.03 bits per heavy atom. The van der Waals surface area contributed by atoms with Gasteiger partial charge in [0.05, 0.1) is 6.42 Å². The summed E-state index contributed by atoms with van der Waals surface area (Å²) in [6.07, 6.45) is 70.7. The molecule has 0 aromatic carbocycles. The van der Waals surface area contributed by atoms with Crippen LogP contribution in [0.15, 0.2) is 122 Å². The van der Waals surface area contributed by atoms with Crippen LogP contribution in [0.25, 0.3) is 0 Å². The summed E-state index contributed by atoms with van der Waals surface area (Å²) in [5.41, 5.74) is 0. The van der Waals surface area contributed by atoms with E-state index < -0.39 is 12.1 Å². The Balaban J connectivity index is 4.50. The number of carbonyl (C=O) groups excluding carboxylic acids is 3. The van der Waals surface area contributed by atoms with E-state index in [0.29, 0.717) is 19.3 Å². The van der Waals surface area contributed by atoms with E-state index in [1.807, 2.05) is 6.08 Å². The van der Waals surface area contributed by atoms with Gasteiger partial charge in [-0.25, -0.2) is 0 Å². The van der Waals surface area contributed by atoms with Crippen LogP contribution < -0.4 is 0 Å². The van der Waals surface area contributed by atoms with Gasteiger partial charge in [-0.05, 0) is 89.9 Å². The molecule has 1 unspecified atom stereocenters. The molecule has 0 saturated carbocycles. The van der Waals surface area contributed by atoms with Crippen molar-refractivity contribution in [3.05, 3.63) is 122 Å². The smallest absolute Gasteiger partial charge is 0.310 e. The first-order valence-electron chi connectivity index (χ1n) is 25.5. The van der Waals surface area contributed by atoms with Crippen LogP contribution in [0, 0.1) is 0 Å². The number of hydrogen-bond donors (Lipinski definition) is 0. The largest absolute Gasteiger partial charge is 0.462 e. The average Bonchev–Trinajstić information content (AvgIpc) is 3.29. The molecule has 0 aromatic rings. The molecule has 0 saturated heterocycles. The van der Waals surface area contributed by atoms with Gasteiger partial charge >= 0.3 is 17.9 Å².